The third kappa shape index (κ3) is 4.79. The normalized spacial score (nSPS) is 10.8. The lowest BCUT2D eigenvalue weighted by Gasteiger charge is -2.08. The smallest absolute Gasteiger partial charge is 0.249 e. The Morgan fingerprint density at radius 1 is 1.10 bits per heavy atom. The van der Waals surface area contributed by atoms with E-state index in [0.717, 1.165) is 23.2 Å². The second-order valence-electron chi connectivity index (χ2n) is 6.66. The van der Waals surface area contributed by atoms with Gasteiger partial charge in [-0.1, -0.05) is 31.2 Å². The summed E-state index contributed by atoms with van der Waals surface area (Å²) in [5.74, 6) is 1.73. The molecule has 0 spiro atoms. The zero-order valence-electron chi connectivity index (χ0n) is 16.9. The molecule has 0 aliphatic carbocycles. The summed E-state index contributed by atoms with van der Waals surface area (Å²) in [6.07, 6.45) is 9.39. The number of nitrogens with zero attached hydrogens (tertiary/aromatic N) is 6. The van der Waals surface area contributed by atoms with Crippen molar-refractivity contribution in [2.24, 2.45) is 4.99 Å². The molecule has 0 bridgehead atoms. The molecule has 8 heteroatoms. The lowest BCUT2D eigenvalue weighted by molar-refractivity contribution is 1.12. The van der Waals surface area contributed by atoms with Gasteiger partial charge in [-0.05, 0) is 24.1 Å². The molecule has 3 heterocycles. The summed E-state index contributed by atoms with van der Waals surface area (Å²) in [7, 11) is 0. The zero-order valence-corrected chi connectivity index (χ0v) is 16.9. The third-order valence-corrected chi connectivity index (χ3v) is 4.64. The van der Waals surface area contributed by atoms with Crippen LogP contribution in [0.1, 0.15) is 18.1 Å². The van der Waals surface area contributed by atoms with Crippen molar-refractivity contribution in [2.45, 2.75) is 13.3 Å². The molecule has 1 aromatic carbocycles. The Kier molecular flexibility index (Phi) is 6.05. The molecule has 2 N–H and O–H groups in total. The van der Waals surface area contributed by atoms with Crippen LogP contribution in [0.3, 0.4) is 0 Å². The van der Waals surface area contributed by atoms with E-state index in [9.17, 15) is 0 Å². The molecule has 152 valence electrons. The van der Waals surface area contributed by atoms with Gasteiger partial charge < -0.3 is 10.3 Å². The number of anilines is 1. The summed E-state index contributed by atoms with van der Waals surface area (Å²) in [5.41, 5.74) is 4.33. The number of aryl methyl sites for hydroxylation is 1. The molecule has 0 aliphatic rings. The summed E-state index contributed by atoms with van der Waals surface area (Å²) in [5, 5.41) is 11.9. The Morgan fingerprint density at radius 2 is 1.97 bits per heavy atom. The van der Waals surface area contributed by atoms with Crippen molar-refractivity contribution in [2.75, 3.05) is 11.9 Å². The van der Waals surface area contributed by atoms with Gasteiger partial charge in [-0.25, -0.2) is 24.9 Å². The van der Waals surface area contributed by atoms with E-state index in [-0.39, 0.29) is 0 Å². The number of aromatic nitrogens is 5. The molecule has 31 heavy (non-hydrogen) atoms. The van der Waals surface area contributed by atoms with Crippen LogP contribution in [-0.4, -0.2) is 37.7 Å². The highest BCUT2D eigenvalue weighted by atomic mass is 15.1. The van der Waals surface area contributed by atoms with E-state index in [2.05, 4.69) is 66.4 Å². The monoisotopic (exact) mass is 408 g/mol. The molecular weight excluding hydrogens is 388 g/mol. The molecule has 0 saturated carbocycles. The van der Waals surface area contributed by atoms with Gasteiger partial charge in [-0.2, -0.15) is 5.26 Å². The quantitative estimate of drug-likeness (QED) is 0.443. The van der Waals surface area contributed by atoms with Gasteiger partial charge in [-0.15, -0.1) is 0 Å². The molecule has 0 unspecified atom stereocenters. The lowest BCUT2D eigenvalue weighted by atomic mass is 10.0. The summed E-state index contributed by atoms with van der Waals surface area (Å²) < 4.78 is 0. The number of rotatable bonds is 7. The largest absolute Gasteiger partial charge is 0.365 e. The molecule has 0 atom stereocenters. The topological polar surface area (TPSA) is 116 Å². The first kappa shape index (κ1) is 19.9. The zero-order chi connectivity index (χ0) is 21.5. The molecule has 4 aromatic rings. The number of benzene rings is 1. The average molecular weight is 408 g/mol. The Hall–Kier alpha value is -4.38. The number of imidazole rings is 1. The van der Waals surface area contributed by atoms with Crippen LogP contribution in [0.5, 0.6) is 0 Å². The number of aliphatic imine (C=N–C) groups is 1. The molecule has 0 amide bonds. The third-order valence-electron chi connectivity index (χ3n) is 4.64. The maximum atomic E-state index is 8.83. The molecule has 0 saturated heterocycles. The average Bonchev–Trinajstić information content (AvgIpc) is 3.37. The number of nitrogens with one attached hydrogen (secondary N) is 2. The van der Waals surface area contributed by atoms with Crippen molar-refractivity contribution < 1.29 is 0 Å². The predicted molar refractivity (Wildman–Crippen MR) is 120 cm³/mol. The van der Waals surface area contributed by atoms with E-state index < -0.39 is 0 Å². The van der Waals surface area contributed by atoms with Gasteiger partial charge in [0.25, 0.3) is 0 Å². The summed E-state index contributed by atoms with van der Waals surface area (Å²) in [6.45, 7) is 2.57. The fourth-order valence-electron chi connectivity index (χ4n) is 2.98. The highest BCUT2D eigenvalue weighted by Crippen LogP contribution is 2.29. The molecule has 4 rings (SSSR count). The van der Waals surface area contributed by atoms with Gasteiger partial charge in [0.15, 0.2) is 0 Å². The minimum atomic E-state index is 0.361. The minimum absolute atomic E-state index is 0.361. The molecule has 0 fully saturated rings. The van der Waals surface area contributed by atoms with E-state index in [1.54, 1.807) is 36.9 Å². The predicted octanol–water partition coefficient (Wildman–Crippen LogP) is 4.18. The maximum Gasteiger partial charge on any atom is 0.249 e. The van der Waals surface area contributed by atoms with Gasteiger partial charge >= 0.3 is 0 Å². The van der Waals surface area contributed by atoms with E-state index in [0.29, 0.717) is 29.7 Å². The molecule has 0 aliphatic heterocycles. The van der Waals surface area contributed by atoms with Crippen LogP contribution in [0, 0.1) is 11.3 Å². The first-order valence-corrected chi connectivity index (χ1v) is 9.85. The van der Waals surface area contributed by atoms with Crippen LogP contribution in [0.25, 0.3) is 22.6 Å². The second kappa shape index (κ2) is 9.41. The number of pyridine rings is 1. The standard InChI is InChI=1S/C23H20N8/c1-2-16-3-6-18(7-4-16)21-19(22-26-10-11-27-22)15-30-23(31-21)28-12-9-25-20-8-5-17(13-24)14-29-20/h3-8,10-12,14-15H,2,9H2,1H3,(H,25,29)(H,26,27). The van der Waals surface area contributed by atoms with Crippen LogP contribution in [-0.2, 0) is 6.42 Å². The number of H-pyrrole nitrogens is 1. The minimum Gasteiger partial charge on any atom is -0.365 e. The van der Waals surface area contributed by atoms with E-state index >= 15 is 0 Å². The molecule has 0 radical (unpaired) electrons. The van der Waals surface area contributed by atoms with Gasteiger partial charge in [0.05, 0.1) is 23.4 Å². The maximum absolute atomic E-state index is 8.83. The first-order chi connectivity index (χ1) is 15.3. The van der Waals surface area contributed by atoms with Crippen molar-refractivity contribution in [3.05, 3.63) is 72.3 Å². The number of nitriles is 1. The van der Waals surface area contributed by atoms with E-state index in [1.165, 1.54) is 11.8 Å². The van der Waals surface area contributed by atoms with E-state index in [1.807, 2.05) is 6.07 Å². The molecule has 3 aromatic heterocycles. The number of hydrogen-bond donors (Lipinski definition) is 2. The highest BCUT2D eigenvalue weighted by molar-refractivity contribution is 5.78. The second-order valence-corrected chi connectivity index (χ2v) is 6.66. The van der Waals surface area contributed by atoms with Crippen molar-refractivity contribution in [1.29, 1.82) is 5.26 Å². The summed E-state index contributed by atoms with van der Waals surface area (Å²) in [6, 6.07) is 13.8. The highest BCUT2D eigenvalue weighted by Gasteiger charge is 2.13. The Labute approximate surface area is 179 Å². The van der Waals surface area contributed by atoms with E-state index in [4.69, 9.17) is 5.26 Å². The van der Waals surface area contributed by atoms with Crippen molar-refractivity contribution in [3.8, 4) is 28.7 Å². The van der Waals surface area contributed by atoms with Crippen molar-refractivity contribution >= 4 is 18.0 Å². The Morgan fingerprint density at radius 3 is 2.65 bits per heavy atom. The van der Waals surface area contributed by atoms with Crippen LogP contribution in [0.4, 0.5) is 11.8 Å². The summed E-state index contributed by atoms with van der Waals surface area (Å²) >= 11 is 0. The van der Waals surface area contributed by atoms with Gasteiger partial charge in [0.2, 0.25) is 5.95 Å². The van der Waals surface area contributed by atoms with Gasteiger partial charge in [-0.3, -0.25) is 0 Å². The fourth-order valence-corrected chi connectivity index (χ4v) is 2.98. The number of hydrogen-bond acceptors (Lipinski definition) is 7. The summed E-state index contributed by atoms with van der Waals surface area (Å²) in [4.78, 5) is 25.1. The lowest BCUT2D eigenvalue weighted by Crippen LogP contribution is -2.04. The van der Waals surface area contributed by atoms with Crippen LogP contribution in [0.15, 0.2) is 66.2 Å². The van der Waals surface area contributed by atoms with Gasteiger partial charge in [0.1, 0.15) is 17.7 Å². The SMILES string of the molecule is CCc1ccc(-c2nc(N=CCNc3ccc(C#N)cn3)ncc2-c2ncc[nH]2)cc1. The van der Waals surface area contributed by atoms with Crippen LogP contribution >= 0.6 is 0 Å². The van der Waals surface area contributed by atoms with Crippen LogP contribution < -0.4 is 5.32 Å². The van der Waals surface area contributed by atoms with Crippen LogP contribution in [0.2, 0.25) is 0 Å². The molecule has 8 nitrogen and oxygen atoms in total. The van der Waals surface area contributed by atoms with Gasteiger partial charge in [0, 0.05) is 36.6 Å². The number of aromatic amines is 1. The Balaban J connectivity index is 1.55. The van der Waals surface area contributed by atoms with Crippen molar-refractivity contribution in [1.82, 2.24) is 24.9 Å². The van der Waals surface area contributed by atoms with Crippen molar-refractivity contribution in [3.63, 3.8) is 0 Å². The fraction of sp³-hybridized carbons (Fsp3) is 0.130. The molecular formula is C23H20N8. The Bertz CT molecular complexity index is 1200. The first-order valence-electron chi connectivity index (χ1n) is 9.85.